The van der Waals surface area contributed by atoms with E-state index >= 15 is 0 Å². The van der Waals surface area contributed by atoms with Crippen LogP contribution in [0, 0.1) is 22.7 Å². The van der Waals surface area contributed by atoms with Crippen molar-refractivity contribution < 1.29 is 9.53 Å². The lowest BCUT2D eigenvalue weighted by molar-refractivity contribution is -0.127. The summed E-state index contributed by atoms with van der Waals surface area (Å²) in [6.07, 6.45) is 13.2. The molecule has 1 fully saturated rings. The van der Waals surface area contributed by atoms with Crippen LogP contribution >= 0.6 is 0 Å². The van der Waals surface area contributed by atoms with Crippen molar-refractivity contribution in [3.05, 3.63) is 35.1 Å². The number of methoxy groups -OCH3 is 1. The number of rotatable bonds is 1. The molecule has 0 aromatic rings. The van der Waals surface area contributed by atoms with Crippen LogP contribution in [0.3, 0.4) is 0 Å². The van der Waals surface area contributed by atoms with Gasteiger partial charge in [-0.25, -0.2) is 0 Å². The number of hydrogen-bond acceptors (Lipinski definition) is 2. The minimum absolute atomic E-state index is 0.0853. The fraction of sp³-hybridized carbons (Fsp3) is 0.650. The number of carbonyl (C=O) groups is 1. The van der Waals surface area contributed by atoms with Gasteiger partial charge in [-0.2, -0.15) is 0 Å². The topological polar surface area (TPSA) is 26.3 Å². The Morgan fingerprint density at radius 1 is 1.23 bits per heavy atom. The number of carbonyl (C=O) groups excluding carboxylic acids is 1. The highest BCUT2D eigenvalue weighted by Crippen LogP contribution is 2.61. The number of allylic oxidation sites excluding steroid dienone is 6. The quantitative estimate of drug-likeness (QED) is 0.662. The van der Waals surface area contributed by atoms with Crippen LogP contribution < -0.4 is 0 Å². The van der Waals surface area contributed by atoms with Gasteiger partial charge in [0.25, 0.3) is 0 Å². The number of fused-ring (bicyclic) bond motifs is 5. The average molecular weight is 298 g/mol. The summed E-state index contributed by atoms with van der Waals surface area (Å²) in [6, 6.07) is 0. The molecule has 4 aliphatic rings. The molecule has 0 radical (unpaired) electrons. The molecule has 0 heterocycles. The predicted octanol–water partition coefficient (Wildman–Crippen LogP) is 4.58. The third-order valence-electron chi connectivity index (χ3n) is 7.09. The van der Waals surface area contributed by atoms with Crippen molar-refractivity contribution in [3.63, 3.8) is 0 Å². The first-order valence-corrected chi connectivity index (χ1v) is 8.68. The van der Waals surface area contributed by atoms with Gasteiger partial charge in [0.2, 0.25) is 0 Å². The second-order valence-corrected chi connectivity index (χ2v) is 8.00. The molecule has 2 heteroatoms. The molecule has 0 aliphatic heterocycles. The second-order valence-electron chi connectivity index (χ2n) is 8.00. The molecule has 0 spiro atoms. The summed E-state index contributed by atoms with van der Waals surface area (Å²) < 4.78 is 5.48. The standard InChI is InChI=1S/C20H26O2/c1-19-10-8-14(22-3)12-13(19)4-5-15-16-6-7-18(21)20(16,2)11-9-17(15)19/h4,9,12,15-16H,5-8,10-11H2,1-3H3/t15?,16?,19-,20?/m0/s1. The van der Waals surface area contributed by atoms with Gasteiger partial charge in [0, 0.05) is 23.7 Å². The summed E-state index contributed by atoms with van der Waals surface area (Å²) in [5, 5.41) is 0. The zero-order valence-electron chi connectivity index (χ0n) is 13.9. The maximum atomic E-state index is 12.4. The lowest BCUT2D eigenvalue weighted by atomic mass is 9.53. The lowest BCUT2D eigenvalue weighted by Crippen LogP contribution is -2.43. The fourth-order valence-electron chi connectivity index (χ4n) is 5.56. The van der Waals surface area contributed by atoms with Crippen LogP contribution in [0.1, 0.15) is 52.4 Å². The summed E-state index contributed by atoms with van der Waals surface area (Å²) in [5.74, 6) is 2.75. The van der Waals surface area contributed by atoms with Crippen LogP contribution in [0.5, 0.6) is 0 Å². The zero-order valence-corrected chi connectivity index (χ0v) is 13.9. The Bertz CT molecular complexity index is 624. The van der Waals surface area contributed by atoms with E-state index in [-0.39, 0.29) is 10.8 Å². The van der Waals surface area contributed by atoms with Crippen molar-refractivity contribution >= 4 is 5.78 Å². The Kier molecular flexibility index (Phi) is 2.99. The molecule has 4 atom stereocenters. The van der Waals surface area contributed by atoms with E-state index in [1.165, 1.54) is 5.57 Å². The van der Waals surface area contributed by atoms with E-state index in [1.807, 2.05) is 0 Å². The SMILES string of the molecule is COC1=CC2=CCC3C(=CCC4(C)C(=O)CCC34)[C@@]2(C)CC1. The van der Waals surface area contributed by atoms with Crippen LogP contribution in [0.25, 0.3) is 0 Å². The molecule has 0 bridgehead atoms. The van der Waals surface area contributed by atoms with E-state index in [2.05, 4.69) is 32.1 Å². The molecule has 0 aromatic carbocycles. The van der Waals surface area contributed by atoms with Crippen molar-refractivity contribution in [1.82, 2.24) is 0 Å². The largest absolute Gasteiger partial charge is 0.501 e. The third-order valence-corrected chi connectivity index (χ3v) is 7.09. The van der Waals surface area contributed by atoms with E-state index in [0.717, 1.165) is 44.3 Å². The highest BCUT2D eigenvalue weighted by atomic mass is 16.5. The Hall–Kier alpha value is -1.31. The number of Topliss-reactive ketones (excluding diaryl/α,β-unsaturated/α-hetero) is 1. The zero-order chi connectivity index (χ0) is 15.5. The van der Waals surface area contributed by atoms with Gasteiger partial charge in [-0.1, -0.05) is 31.6 Å². The highest BCUT2D eigenvalue weighted by molar-refractivity contribution is 5.87. The molecule has 3 unspecified atom stereocenters. The number of hydrogen-bond donors (Lipinski definition) is 0. The van der Waals surface area contributed by atoms with Crippen LogP contribution in [-0.2, 0) is 9.53 Å². The van der Waals surface area contributed by atoms with E-state index in [9.17, 15) is 4.79 Å². The summed E-state index contributed by atoms with van der Waals surface area (Å²) in [4.78, 5) is 12.4. The maximum Gasteiger partial charge on any atom is 0.139 e. The molecule has 2 nitrogen and oxygen atoms in total. The van der Waals surface area contributed by atoms with Gasteiger partial charge < -0.3 is 4.74 Å². The molecule has 1 saturated carbocycles. The van der Waals surface area contributed by atoms with E-state index in [0.29, 0.717) is 17.6 Å². The first-order valence-electron chi connectivity index (χ1n) is 8.68. The predicted molar refractivity (Wildman–Crippen MR) is 87.2 cm³/mol. The van der Waals surface area contributed by atoms with Gasteiger partial charge in [-0.15, -0.1) is 0 Å². The monoisotopic (exact) mass is 298 g/mol. The van der Waals surface area contributed by atoms with Crippen molar-refractivity contribution in [1.29, 1.82) is 0 Å². The van der Waals surface area contributed by atoms with Gasteiger partial charge in [0.05, 0.1) is 12.9 Å². The molecule has 0 amide bonds. The molecule has 0 N–H and O–H groups in total. The third kappa shape index (κ3) is 1.70. The van der Waals surface area contributed by atoms with Crippen LogP contribution in [0.4, 0.5) is 0 Å². The summed E-state index contributed by atoms with van der Waals surface area (Å²) in [7, 11) is 1.77. The first-order chi connectivity index (χ1) is 10.5. The Morgan fingerprint density at radius 3 is 2.82 bits per heavy atom. The molecule has 0 saturated heterocycles. The number of ether oxygens (including phenoxy) is 1. The summed E-state index contributed by atoms with van der Waals surface area (Å²) in [5.41, 5.74) is 3.13. The normalized spacial score (nSPS) is 43.4. The van der Waals surface area contributed by atoms with Gasteiger partial charge >= 0.3 is 0 Å². The van der Waals surface area contributed by atoms with Crippen molar-refractivity contribution in [2.75, 3.05) is 7.11 Å². The van der Waals surface area contributed by atoms with Crippen LogP contribution in [0.15, 0.2) is 35.1 Å². The summed E-state index contributed by atoms with van der Waals surface area (Å²) >= 11 is 0. The molecular weight excluding hydrogens is 272 g/mol. The van der Waals surface area contributed by atoms with E-state index in [1.54, 1.807) is 12.7 Å². The molecule has 22 heavy (non-hydrogen) atoms. The molecular formula is C20H26O2. The molecule has 4 aliphatic carbocycles. The van der Waals surface area contributed by atoms with Crippen LogP contribution in [-0.4, -0.2) is 12.9 Å². The highest BCUT2D eigenvalue weighted by Gasteiger charge is 2.54. The minimum atomic E-state index is -0.0853. The smallest absolute Gasteiger partial charge is 0.139 e. The Balaban J connectivity index is 1.76. The van der Waals surface area contributed by atoms with Gasteiger partial charge in [-0.3, -0.25) is 4.79 Å². The Labute approximate surface area is 133 Å². The molecule has 118 valence electrons. The molecule has 0 aromatic heterocycles. The van der Waals surface area contributed by atoms with Gasteiger partial charge in [0.15, 0.2) is 0 Å². The van der Waals surface area contributed by atoms with Gasteiger partial charge in [0.1, 0.15) is 5.78 Å². The van der Waals surface area contributed by atoms with Crippen LogP contribution in [0.2, 0.25) is 0 Å². The Morgan fingerprint density at radius 2 is 2.05 bits per heavy atom. The second kappa shape index (κ2) is 4.59. The minimum Gasteiger partial charge on any atom is -0.501 e. The van der Waals surface area contributed by atoms with Crippen molar-refractivity contribution in [2.24, 2.45) is 22.7 Å². The average Bonchev–Trinajstić information content (AvgIpc) is 2.82. The maximum absolute atomic E-state index is 12.4. The fourth-order valence-corrected chi connectivity index (χ4v) is 5.56. The first kappa shape index (κ1) is 14.3. The summed E-state index contributed by atoms with van der Waals surface area (Å²) in [6.45, 7) is 4.62. The lowest BCUT2D eigenvalue weighted by Gasteiger charge is -2.50. The van der Waals surface area contributed by atoms with Crippen molar-refractivity contribution in [2.45, 2.75) is 52.4 Å². The van der Waals surface area contributed by atoms with Crippen molar-refractivity contribution in [3.8, 4) is 0 Å². The van der Waals surface area contributed by atoms with E-state index in [4.69, 9.17) is 4.74 Å². The molecule has 4 rings (SSSR count). The number of ketones is 1. The van der Waals surface area contributed by atoms with Gasteiger partial charge in [-0.05, 0) is 49.2 Å². The van der Waals surface area contributed by atoms with E-state index < -0.39 is 0 Å².